The van der Waals surface area contributed by atoms with Gasteiger partial charge in [0.1, 0.15) is 6.61 Å². The third kappa shape index (κ3) is 4.74. The number of hydrogen-bond acceptors (Lipinski definition) is 3. The molecule has 21 heavy (non-hydrogen) atoms. The molecule has 0 aliphatic rings. The number of amides is 1. The molecule has 2 aromatic carbocycles. The molecule has 0 unspecified atom stereocenters. The van der Waals surface area contributed by atoms with Gasteiger partial charge in [-0.3, -0.25) is 4.79 Å². The third-order valence-corrected chi connectivity index (χ3v) is 2.76. The van der Waals surface area contributed by atoms with Crippen molar-refractivity contribution in [2.75, 3.05) is 11.9 Å². The Balaban J connectivity index is 1.78. The zero-order chi connectivity index (χ0) is 15.1. The molecule has 0 aliphatic heterocycles. The van der Waals surface area contributed by atoms with Gasteiger partial charge in [0.05, 0.1) is 12.2 Å². The summed E-state index contributed by atoms with van der Waals surface area (Å²) in [6.07, 6.45) is 0. The monoisotopic (exact) mass is 285 g/mol. The number of anilines is 1. The van der Waals surface area contributed by atoms with E-state index < -0.39 is 5.97 Å². The van der Waals surface area contributed by atoms with Crippen LogP contribution in [0.2, 0.25) is 0 Å². The molecule has 0 aromatic heterocycles. The van der Waals surface area contributed by atoms with E-state index in [4.69, 9.17) is 9.84 Å². The maximum absolute atomic E-state index is 11.7. The van der Waals surface area contributed by atoms with E-state index in [1.54, 1.807) is 12.1 Å². The minimum absolute atomic E-state index is 0.0599. The summed E-state index contributed by atoms with van der Waals surface area (Å²) in [7, 11) is 0. The first kappa shape index (κ1) is 14.7. The standard InChI is InChI=1S/C16H15NO4/c18-15(11-21-10-12-4-2-1-3-5-12)17-14-8-6-13(7-9-14)16(19)20/h1-9H,10-11H2,(H,17,18)(H,19,20). The van der Waals surface area contributed by atoms with Crippen LogP contribution in [-0.2, 0) is 16.1 Å². The molecular weight excluding hydrogens is 270 g/mol. The molecule has 0 atom stereocenters. The van der Waals surface area contributed by atoms with Gasteiger partial charge in [-0.15, -0.1) is 0 Å². The van der Waals surface area contributed by atoms with Gasteiger partial charge < -0.3 is 15.2 Å². The lowest BCUT2D eigenvalue weighted by molar-refractivity contribution is -0.121. The average Bonchev–Trinajstić information content (AvgIpc) is 2.49. The topological polar surface area (TPSA) is 75.6 Å². The van der Waals surface area contributed by atoms with Crippen LogP contribution in [0.25, 0.3) is 0 Å². The van der Waals surface area contributed by atoms with Crippen molar-refractivity contribution in [2.24, 2.45) is 0 Å². The number of carboxylic acid groups (broad SMARTS) is 1. The fourth-order valence-corrected chi connectivity index (χ4v) is 1.73. The Hall–Kier alpha value is -2.66. The van der Waals surface area contributed by atoms with E-state index in [1.165, 1.54) is 12.1 Å². The summed E-state index contributed by atoms with van der Waals surface area (Å²) in [5, 5.41) is 11.4. The highest BCUT2D eigenvalue weighted by Gasteiger charge is 2.05. The zero-order valence-electron chi connectivity index (χ0n) is 11.3. The molecule has 1 amide bonds. The molecule has 0 fully saturated rings. The van der Waals surface area contributed by atoms with E-state index in [0.717, 1.165) is 5.56 Å². The summed E-state index contributed by atoms with van der Waals surface area (Å²) in [6, 6.07) is 15.5. The summed E-state index contributed by atoms with van der Waals surface area (Å²) >= 11 is 0. The van der Waals surface area contributed by atoms with Crippen molar-refractivity contribution in [1.82, 2.24) is 0 Å². The average molecular weight is 285 g/mol. The number of ether oxygens (including phenoxy) is 1. The first-order chi connectivity index (χ1) is 10.1. The minimum atomic E-state index is -1.00. The molecule has 0 saturated heterocycles. The van der Waals surface area contributed by atoms with Crippen LogP contribution in [0.15, 0.2) is 54.6 Å². The molecule has 0 aliphatic carbocycles. The van der Waals surface area contributed by atoms with Crippen LogP contribution in [0.4, 0.5) is 5.69 Å². The van der Waals surface area contributed by atoms with Crippen molar-refractivity contribution in [1.29, 1.82) is 0 Å². The first-order valence-electron chi connectivity index (χ1n) is 6.40. The van der Waals surface area contributed by atoms with Crippen LogP contribution in [0.5, 0.6) is 0 Å². The second-order valence-corrected chi connectivity index (χ2v) is 4.41. The Morgan fingerprint density at radius 1 is 1.00 bits per heavy atom. The van der Waals surface area contributed by atoms with Crippen molar-refractivity contribution < 1.29 is 19.4 Å². The SMILES string of the molecule is O=C(COCc1ccccc1)Nc1ccc(C(=O)O)cc1. The van der Waals surface area contributed by atoms with Crippen LogP contribution in [0, 0.1) is 0 Å². The lowest BCUT2D eigenvalue weighted by Crippen LogP contribution is -2.18. The van der Waals surface area contributed by atoms with Crippen molar-refractivity contribution in [3.8, 4) is 0 Å². The number of aromatic carboxylic acids is 1. The van der Waals surface area contributed by atoms with E-state index in [0.29, 0.717) is 12.3 Å². The molecule has 5 nitrogen and oxygen atoms in total. The molecule has 0 heterocycles. The largest absolute Gasteiger partial charge is 0.478 e. The summed E-state index contributed by atoms with van der Waals surface area (Å²) in [4.78, 5) is 22.4. The fraction of sp³-hybridized carbons (Fsp3) is 0.125. The Labute approximate surface area is 122 Å². The number of rotatable bonds is 6. The Bertz CT molecular complexity index is 608. The van der Waals surface area contributed by atoms with E-state index in [-0.39, 0.29) is 18.1 Å². The van der Waals surface area contributed by atoms with Gasteiger partial charge in [0.2, 0.25) is 5.91 Å². The van der Waals surface area contributed by atoms with Crippen LogP contribution >= 0.6 is 0 Å². The molecule has 0 radical (unpaired) electrons. The van der Waals surface area contributed by atoms with Crippen LogP contribution in [-0.4, -0.2) is 23.6 Å². The maximum atomic E-state index is 11.7. The lowest BCUT2D eigenvalue weighted by Gasteiger charge is -2.06. The molecule has 2 aromatic rings. The van der Waals surface area contributed by atoms with E-state index in [1.807, 2.05) is 30.3 Å². The van der Waals surface area contributed by atoms with Gasteiger partial charge >= 0.3 is 5.97 Å². The molecule has 0 bridgehead atoms. The van der Waals surface area contributed by atoms with Crippen LogP contribution in [0.1, 0.15) is 15.9 Å². The van der Waals surface area contributed by atoms with Gasteiger partial charge in [0, 0.05) is 5.69 Å². The van der Waals surface area contributed by atoms with Crippen molar-refractivity contribution in [2.45, 2.75) is 6.61 Å². The lowest BCUT2D eigenvalue weighted by atomic mass is 10.2. The number of nitrogens with one attached hydrogen (secondary N) is 1. The number of carboxylic acids is 1. The molecule has 2 N–H and O–H groups in total. The van der Waals surface area contributed by atoms with Crippen molar-refractivity contribution in [3.05, 3.63) is 65.7 Å². The maximum Gasteiger partial charge on any atom is 0.335 e. The summed E-state index contributed by atoms with van der Waals surface area (Å²) in [6.45, 7) is 0.307. The summed E-state index contributed by atoms with van der Waals surface area (Å²) in [5.74, 6) is -1.28. The minimum Gasteiger partial charge on any atom is -0.478 e. The smallest absolute Gasteiger partial charge is 0.335 e. The van der Waals surface area contributed by atoms with Crippen LogP contribution < -0.4 is 5.32 Å². The first-order valence-corrected chi connectivity index (χ1v) is 6.40. The van der Waals surface area contributed by atoms with E-state index in [2.05, 4.69) is 5.32 Å². The molecule has 2 rings (SSSR count). The van der Waals surface area contributed by atoms with Gasteiger partial charge in [-0.25, -0.2) is 4.79 Å². The predicted molar refractivity (Wildman–Crippen MR) is 78.1 cm³/mol. The van der Waals surface area contributed by atoms with E-state index in [9.17, 15) is 9.59 Å². The highest BCUT2D eigenvalue weighted by molar-refractivity contribution is 5.93. The van der Waals surface area contributed by atoms with Crippen molar-refractivity contribution >= 4 is 17.6 Å². The Kier molecular flexibility index (Phi) is 5.06. The highest BCUT2D eigenvalue weighted by Crippen LogP contribution is 2.09. The summed E-state index contributed by atoms with van der Waals surface area (Å²) in [5.41, 5.74) is 1.71. The zero-order valence-corrected chi connectivity index (χ0v) is 11.3. The second kappa shape index (κ2) is 7.21. The van der Waals surface area contributed by atoms with Gasteiger partial charge in [-0.05, 0) is 29.8 Å². The summed E-state index contributed by atoms with van der Waals surface area (Å²) < 4.78 is 5.31. The molecule has 0 saturated carbocycles. The molecule has 5 heteroatoms. The van der Waals surface area contributed by atoms with Crippen LogP contribution in [0.3, 0.4) is 0 Å². The predicted octanol–water partition coefficient (Wildman–Crippen LogP) is 2.54. The fourth-order valence-electron chi connectivity index (χ4n) is 1.73. The highest BCUT2D eigenvalue weighted by atomic mass is 16.5. The second-order valence-electron chi connectivity index (χ2n) is 4.41. The van der Waals surface area contributed by atoms with Gasteiger partial charge in [-0.2, -0.15) is 0 Å². The number of carbonyl (C=O) groups excluding carboxylic acids is 1. The number of benzene rings is 2. The quantitative estimate of drug-likeness (QED) is 0.855. The molecular formula is C16H15NO4. The Morgan fingerprint density at radius 2 is 1.67 bits per heavy atom. The molecule has 108 valence electrons. The van der Waals surface area contributed by atoms with E-state index >= 15 is 0 Å². The Morgan fingerprint density at radius 3 is 2.29 bits per heavy atom. The third-order valence-electron chi connectivity index (χ3n) is 2.76. The van der Waals surface area contributed by atoms with Gasteiger partial charge in [0.15, 0.2) is 0 Å². The normalized spacial score (nSPS) is 10.1. The van der Waals surface area contributed by atoms with Gasteiger partial charge in [0.25, 0.3) is 0 Å². The number of carbonyl (C=O) groups is 2. The van der Waals surface area contributed by atoms with Gasteiger partial charge in [-0.1, -0.05) is 30.3 Å². The molecule has 0 spiro atoms. The van der Waals surface area contributed by atoms with Crippen molar-refractivity contribution in [3.63, 3.8) is 0 Å². The number of hydrogen-bond donors (Lipinski definition) is 2.